The fraction of sp³-hybridized carbons (Fsp3) is 0.182. The molecule has 156 valence electrons. The molecule has 3 aromatic heterocycles. The van der Waals surface area contributed by atoms with Gasteiger partial charge in [0.25, 0.3) is 11.5 Å². The first kappa shape index (κ1) is 19.7. The minimum absolute atomic E-state index is 0.153. The van der Waals surface area contributed by atoms with E-state index in [1.165, 1.54) is 16.0 Å². The number of aromatic amines is 1. The molecule has 1 aromatic carbocycles. The predicted molar refractivity (Wildman–Crippen MR) is 121 cm³/mol. The van der Waals surface area contributed by atoms with Crippen molar-refractivity contribution < 1.29 is 4.79 Å². The number of aromatic nitrogens is 4. The summed E-state index contributed by atoms with van der Waals surface area (Å²) in [6.45, 7) is 0. The van der Waals surface area contributed by atoms with E-state index in [2.05, 4.69) is 20.4 Å². The molecule has 1 aliphatic rings. The van der Waals surface area contributed by atoms with Gasteiger partial charge in [-0.25, -0.2) is 4.98 Å². The molecule has 0 fully saturated rings. The number of nitrogens with zero attached hydrogens (tertiary/aromatic N) is 3. The molecule has 0 atom stereocenters. The van der Waals surface area contributed by atoms with Crippen molar-refractivity contribution in [3.63, 3.8) is 0 Å². The van der Waals surface area contributed by atoms with E-state index in [1.54, 1.807) is 30.3 Å². The molecule has 3 heterocycles. The molecule has 0 saturated carbocycles. The summed E-state index contributed by atoms with van der Waals surface area (Å²) in [5.74, 6) is 0.365. The van der Waals surface area contributed by atoms with Gasteiger partial charge in [0.2, 0.25) is 5.95 Å². The van der Waals surface area contributed by atoms with Crippen LogP contribution in [0.4, 0.5) is 5.82 Å². The molecule has 0 saturated heterocycles. The lowest BCUT2D eigenvalue weighted by Crippen LogP contribution is -2.24. The molecular weight excluding hydrogens is 434 g/mol. The highest BCUT2D eigenvalue weighted by Gasteiger charge is 2.20. The van der Waals surface area contributed by atoms with Crippen molar-refractivity contribution in [3.8, 4) is 16.5 Å². The van der Waals surface area contributed by atoms with Crippen LogP contribution < -0.4 is 10.9 Å². The van der Waals surface area contributed by atoms with Gasteiger partial charge in [-0.15, -0.1) is 11.3 Å². The minimum atomic E-state index is -0.332. The van der Waals surface area contributed by atoms with E-state index in [1.807, 2.05) is 17.5 Å². The number of nitrogens with one attached hydrogen (secondary N) is 2. The van der Waals surface area contributed by atoms with Crippen LogP contribution in [0.2, 0.25) is 5.02 Å². The third-order valence-electron chi connectivity index (χ3n) is 5.19. The summed E-state index contributed by atoms with van der Waals surface area (Å²) in [6.07, 6.45) is 3.48. The van der Waals surface area contributed by atoms with Crippen LogP contribution in [-0.4, -0.2) is 25.7 Å². The van der Waals surface area contributed by atoms with Gasteiger partial charge in [0.1, 0.15) is 11.5 Å². The van der Waals surface area contributed by atoms with Crippen molar-refractivity contribution in [2.75, 3.05) is 5.32 Å². The lowest BCUT2D eigenvalue weighted by atomic mass is 9.97. The van der Waals surface area contributed by atoms with Gasteiger partial charge in [0.05, 0.1) is 10.6 Å². The molecule has 0 unspecified atom stereocenters. The smallest absolute Gasteiger partial charge is 0.256 e. The van der Waals surface area contributed by atoms with Gasteiger partial charge < -0.3 is 5.32 Å². The zero-order chi connectivity index (χ0) is 21.4. The molecule has 4 aromatic rings. The van der Waals surface area contributed by atoms with Crippen LogP contribution >= 0.6 is 22.9 Å². The van der Waals surface area contributed by atoms with Crippen LogP contribution in [0, 0.1) is 0 Å². The molecule has 31 heavy (non-hydrogen) atoms. The Balaban J connectivity index is 1.59. The quantitative estimate of drug-likeness (QED) is 0.478. The van der Waals surface area contributed by atoms with Crippen LogP contribution in [0.25, 0.3) is 16.5 Å². The lowest BCUT2D eigenvalue weighted by Gasteiger charge is -2.15. The third-order valence-corrected chi connectivity index (χ3v) is 6.32. The van der Waals surface area contributed by atoms with Gasteiger partial charge in [-0.1, -0.05) is 23.7 Å². The molecule has 1 amide bonds. The molecule has 1 aliphatic carbocycles. The van der Waals surface area contributed by atoms with Crippen LogP contribution in [0.3, 0.4) is 0 Å². The second-order valence-electron chi connectivity index (χ2n) is 7.29. The van der Waals surface area contributed by atoms with Crippen molar-refractivity contribution >= 4 is 34.7 Å². The summed E-state index contributed by atoms with van der Waals surface area (Å²) in [7, 11) is 0. The van der Waals surface area contributed by atoms with E-state index in [-0.39, 0.29) is 17.4 Å². The number of fused-ring (bicyclic) bond motifs is 1. The van der Waals surface area contributed by atoms with Crippen LogP contribution in [0.15, 0.2) is 52.6 Å². The second kappa shape index (κ2) is 8.13. The third kappa shape index (κ3) is 3.92. The SMILES string of the molecule is O=C(Nc1cc(-c2cccs2)nn1-c1nc2c(c(=O)[nH]1)CCCC2)c1cccc(Cl)c1. The maximum atomic E-state index is 12.8. The average molecular weight is 452 g/mol. The Hall–Kier alpha value is -3.23. The van der Waals surface area contributed by atoms with Crippen molar-refractivity contribution in [1.29, 1.82) is 0 Å². The van der Waals surface area contributed by atoms with Gasteiger partial charge in [-0.3, -0.25) is 14.6 Å². The van der Waals surface area contributed by atoms with E-state index in [9.17, 15) is 9.59 Å². The Kier molecular flexibility index (Phi) is 5.17. The first-order valence-electron chi connectivity index (χ1n) is 9.92. The number of H-pyrrole nitrogens is 1. The number of amides is 1. The number of carbonyl (C=O) groups excluding carboxylic acids is 1. The highest BCUT2D eigenvalue weighted by molar-refractivity contribution is 7.13. The molecule has 9 heteroatoms. The molecule has 0 radical (unpaired) electrons. The number of carbonyl (C=O) groups is 1. The van der Waals surface area contributed by atoms with Crippen molar-refractivity contribution in [2.45, 2.75) is 25.7 Å². The van der Waals surface area contributed by atoms with Gasteiger partial charge in [0.15, 0.2) is 0 Å². The Bertz CT molecular complexity index is 1330. The summed E-state index contributed by atoms with van der Waals surface area (Å²) in [6, 6.07) is 12.4. The van der Waals surface area contributed by atoms with Crippen LogP contribution in [-0.2, 0) is 12.8 Å². The Morgan fingerprint density at radius 3 is 2.84 bits per heavy atom. The predicted octanol–water partition coefficient (Wildman–Crippen LogP) is 4.47. The summed E-state index contributed by atoms with van der Waals surface area (Å²) in [5.41, 5.74) is 2.48. The van der Waals surface area contributed by atoms with Crippen molar-refractivity contribution in [1.82, 2.24) is 19.7 Å². The van der Waals surface area contributed by atoms with E-state index >= 15 is 0 Å². The summed E-state index contributed by atoms with van der Waals surface area (Å²) in [5, 5.41) is 9.94. The Morgan fingerprint density at radius 2 is 2.03 bits per heavy atom. The largest absolute Gasteiger partial charge is 0.306 e. The van der Waals surface area contributed by atoms with Crippen molar-refractivity contribution in [2.24, 2.45) is 0 Å². The molecule has 0 aliphatic heterocycles. The van der Waals surface area contributed by atoms with Gasteiger partial charge in [-0.05, 0) is 55.3 Å². The lowest BCUT2D eigenvalue weighted by molar-refractivity contribution is 0.102. The zero-order valence-corrected chi connectivity index (χ0v) is 18.0. The maximum absolute atomic E-state index is 12.8. The number of thiophene rings is 1. The number of aryl methyl sites for hydroxylation is 1. The van der Waals surface area contributed by atoms with E-state index in [0.29, 0.717) is 22.1 Å². The number of halogens is 1. The molecule has 0 spiro atoms. The van der Waals surface area contributed by atoms with Crippen molar-refractivity contribution in [3.05, 3.63) is 80.0 Å². The Morgan fingerprint density at radius 1 is 1.16 bits per heavy atom. The number of rotatable bonds is 4. The van der Waals surface area contributed by atoms with Gasteiger partial charge in [-0.2, -0.15) is 9.78 Å². The summed E-state index contributed by atoms with van der Waals surface area (Å²) in [4.78, 5) is 33.9. The molecule has 7 nitrogen and oxygen atoms in total. The average Bonchev–Trinajstić information content (AvgIpc) is 3.44. The summed E-state index contributed by atoms with van der Waals surface area (Å²) < 4.78 is 1.48. The highest BCUT2D eigenvalue weighted by atomic mass is 35.5. The topological polar surface area (TPSA) is 92.7 Å². The molecular formula is C22H18ClN5O2S. The number of hydrogen-bond donors (Lipinski definition) is 2. The Labute approximate surface area is 186 Å². The fourth-order valence-electron chi connectivity index (χ4n) is 3.68. The normalized spacial score (nSPS) is 13.1. The van der Waals surface area contributed by atoms with Gasteiger partial charge >= 0.3 is 0 Å². The number of benzene rings is 1. The molecule has 2 N–H and O–H groups in total. The maximum Gasteiger partial charge on any atom is 0.256 e. The van der Waals surface area contributed by atoms with Gasteiger partial charge in [0, 0.05) is 22.2 Å². The first-order valence-corrected chi connectivity index (χ1v) is 11.2. The fourth-order valence-corrected chi connectivity index (χ4v) is 4.56. The van der Waals surface area contributed by atoms with E-state index in [4.69, 9.17) is 11.6 Å². The molecule has 5 rings (SSSR count). The standard InChI is InChI=1S/C22H18ClN5O2S/c23-14-6-3-5-13(11-14)20(29)25-19-12-17(18-9-4-10-31-18)27-28(19)22-24-16-8-2-1-7-15(16)21(30)26-22/h3-6,9-12H,1-2,7-8H2,(H,25,29)(H,24,26,30). The first-order chi connectivity index (χ1) is 15.1. The monoisotopic (exact) mass is 451 g/mol. The molecule has 0 bridgehead atoms. The minimum Gasteiger partial charge on any atom is -0.306 e. The number of anilines is 1. The summed E-state index contributed by atoms with van der Waals surface area (Å²) >= 11 is 7.57. The number of hydrogen-bond acceptors (Lipinski definition) is 5. The van der Waals surface area contributed by atoms with Crippen LogP contribution in [0.1, 0.15) is 34.5 Å². The van der Waals surface area contributed by atoms with E-state index < -0.39 is 0 Å². The van der Waals surface area contributed by atoms with Crippen LogP contribution in [0.5, 0.6) is 0 Å². The second-order valence-corrected chi connectivity index (χ2v) is 8.67. The zero-order valence-electron chi connectivity index (χ0n) is 16.4. The van der Waals surface area contributed by atoms with E-state index in [0.717, 1.165) is 41.8 Å². The highest BCUT2D eigenvalue weighted by Crippen LogP contribution is 2.28.